The van der Waals surface area contributed by atoms with Gasteiger partial charge in [-0.1, -0.05) is 39.3 Å². The molecule has 5 rings (SSSR count). The van der Waals surface area contributed by atoms with Crippen molar-refractivity contribution in [2.45, 2.75) is 161 Å². The zero-order valence-electron chi connectivity index (χ0n) is 30.5. The van der Waals surface area contributed by atoms with Crippen molar-refractivity contribution in [2.24, 2.45) is 45.8 Å². The van der Waals surface area contributed by atoms with E-state index in [9.17, 15) is 40.2 Å². The van der Waals surface area contributed by atoms with E-state index in [-0.39, 0.29) is 47.7 Å². The number of aliphatic hydroxyl groups is 5. The first-order chi connectivity index (χ1) is 22.8. The molecular formula is C38H62O11. The Morgan fingerprint density at radius 3 is 2.35 bits per heavy atom. The van der Waals surface area contributed by atoms with Gasteiger partial charge in [0.1, 0.15) is 31.0 Å². The molecule has 4 fully saturated rings. The number of fused-ring (bicyclic) bond motifs is 4. The van der Waals surface area contributed by atoms with E-state index in [1.165, 1.54) is 12.5 Å². The molecule has 0 bridgehead atoms. The van der Waals surface area contributed by atoms with Crippen molar-refractivity contribution in [2.75, 3.05) is 6.61 Å². The lowest BCUT2D eigenvalue weighted by molar-refractivity contribution is -0.320. The van der Waals surface area contributed by atoms with Crippen LogP contribution in [0.3, 0.4) is 0 Å². The van der Waals surface area contributed by atoms with Crippen LogP contribution in [-0.2, 0) is 23.8 Å². The van der Waals surface area contributed by atoms with E-state index in [4.69, 9.17) is 14.2 Å². The van der Waals surface area contributed by atoms with Gasteiger partial charge in [-0.25, -0.2) is 0 Å². The second-order valence-electron chi connectivity index (χ2n) is 17.6. The molecule has 0 unspecified atom stereocenters. The van der Waals surface area contributed by atoms with Crippen LogP contribution in [0.1, 0.15) is 113 Å². The molecule has 0 aromatic rings. The van der Waals surface area contributed by atoms with E-state index in [0.29, 0.717) is 19.3 Å². The van der Waals surface area contributed by atoms with Gasteiger partial charge >= 0.3 is 11.9 Å². The molecule has 1 aliphatic heterocycles. The molecule has 5 aliphatic rings. The molecule has 1 heterocycles. The van der Waals surface area contributed by atoms with Crippen LogP contribution in [0.2, 0.25) is 0 Å². The molecule has 14 atom stereocenters. The third-order valence-corrected chi connectivity index (χ3v) is 14.2. The van der Waals surface area contributed by atoms with Crippen LogP contribution < -0.4 is 0 Å². The van der Waals surface area contributed by atoms with Gasteiger partial charge in [0.2, 0.25) is 0 Å². The topological polar surface area (TPSA) is 183 Å². The third kappa shape index (κ3) is 6.87. The number of carboxylic acids is 1. The highest BCUT2D eigenvalue weighted by Gasteiger charge is 2.68. The van der Waals surface area contributed by atoms with Crippen molar-refractivity contribution in [3.8, 4) is 0 Å². The van der Waals surface area contributed by atoms with Crippen molar-refractivity contribution in [3.63, 3.8) is 0 Å². The van der Waals surface area contributed by atoms with E-state index in [1.54, 1.807) is 13.8 Å². The van der Waals surface area contributed by atoms with E-state index in [0.717, 1.165) is 44.9 Å². The zero-order valence-corrected chi connectivity index (χ0v) is 30.5. The molecule has 4 aliphatic carbocycles. The monoisotopic (exact) mass is 694 g/mol. The minimum atomic E-state index is -1.54. The van der Waals surface area contributed by atoms with Crippen LogP contribution in [0.15, 0.2) is 11.6 Å². The number of carbonyl (C=O) groups excluding carboxylic acids is 1. The first kappa shape index (κ1) is 38.6. The summed E-state index contributed by atoms with van der Waals surface area (Å²) < 4.78 is 17.3. The lowest BCUT2D eigenvalue weighted by atomic mass is 9.47. The Hall–Kier alpha value is -1.60. The maximum atomic E-state index is 13.6. The number of allylic oxidation sites excluding steroid dienone is 1. The van der Waals surface area contributed by atoms with E-state index >= 15 is 0 Å². The van der Waals surface area contributed by atoms with Crippen LogP contribution in [0.4, 0.5) is 0 Å². The average molecular weight is 695 g/mol. The maximum absolute atomic E-state index is 13.6. The molecule has 11 nitrogen and oxygen atoms in total. The molecule has 280 valence electrons. The largest absolute Gasteiger partial charge is 0.481 e. The highest BCUT2D eigenvalue weighted by molar-refractivity contribution is 5.77. The SMILES string of the molecule is CC(=O)OC[C@H]1O[C@@H](O[C@@H]2CC=C3C[C@H]4CC[C@]5(C)[C@@H]([C@H](C)CC[C@H](O)C(C)(C)O)CC[C@@]5(C(=O)O)[C@@H]4CC[C@@H]3C2(C)C)[C@H](O)[C@@H](O)[C@@H]1O. The molecule has 0 amide bonds. The van der Waals surface area contributed by atoms with Crippen LogP contribution >= 0.6 is 0 Å². The number of aliphatic hydroxyl groups excluding tert-OH is 4. The minimum absolute atomic E-state index is 0.0340. The fraction of sp³-hybridized carbons (Fsp3) is 0.895. The number of hydrogen-bond acceptors (Lipinski definition) is 10. The predicted molar refractivity (Wildman–Crippen MR) is 180 cm³/mol. The van der Waals surface area contributed by atoms with Crippen LogP contribution in [0.25, 0.3) is 0 Å². The van der Waals surface area contributed by atoms with Gasteiger partial charge in [0.05, 0.1) is 23.2 Å². The molecule has 0 aromatic heterocycles. The molecule has 11 heteroatoms. The predicted octanol–water partition coefficient (Wildman–Crippen LogP) is 3.96. The number of carbonyl (C=O) groups is 2. The van der Waals surface area contributed by atoms with Gasteiger partial charge in [-0.2, -0.15) is 0 Å². The quantitative estimate of drug-likeness (QED) is 0.144. The Morgan fingerprint density at radius 2 is 1.71 bits per heavy atom. The van der Waals surface area contributed by atoms with E-state index in [1.807, 2.05) is 0 Å². The van der Waals surface area contributed by atoms with Gasteiger partial charge in [-0.15, -0.1) is 0 Å². The summed E-state index contributed by atoms with van der Waals surface area (Å²) in [5.41, 5.74) is -1.43. The van der Waals surface area contributed by atoms with Gasteiger partial charge in [-0.05, 0) is 118 Å². The Kier molecular flexibility index (Phi) is 11.1. The van der Waals surface area contributed by atoms with Crippen LogP contribution in [0.5, 0.6) is 0 Å². The first-order valence-electron chi connectivity index (χ1n) is 18.6. The lowest BCUT2D eigenvalue weighted by Gasteiger charge is -2.55. The lowest BCUT2D eigenvalue weighted by Crippen LogP contribution is -2.60. The Labute approximate surface area is 291 Å². The fourth-order valence-corrected chi connectivity index (χ4v) is 11.1. The second kappa shape index (κ2) is 14.1. The summed E-state index contributed by atoms with van der Waals surface area (Å²) >= 11 is 0. The van der Waals surface area contributed by atoms with Gasteiger partial charge in [-0.3, -0.25) is 9.59 Å². The highest BCUT2D eigenvalue weighted by atomic mass is 16.7. The smallest absolute Gasteiger partial charge is 0.310 e. The molecule has 1 saturated heterocycles. The molecule has 49 heavy (non-hydrogen) atoms. The molecular weight excluding hydrogens is 632 g/mol. The minimum Gasteiger partial charge on any atom is -0.481 e. The molecule has 6 N–H and O–H groups in total. The normalized spacial score (nSPS) is 43.2. The van der Waals surface area contributed by atoms with Gasteiger partial charge in [0.25, 0.3) is 0 Å². The summed E-state index contributed by atoms with van der Waals surface area (Å²) in [5, 5.41) is 63.8. The number of ether oxygens (including phenoxy) is 3. The summed E-state index contributed by atoms with van der Waals surface area (Å²) in [6, 6.07) is 0. The van der Waals surface area contributed by atoms with Gasteiger partial charge < -0.3 is 44.8 Å². The van der Waals surface area contributed by atoms with Crippen molar-refractivity contribution < 1.29 is 54.4 Å². The Bertz CT molecular complexity index is 1240. The highest BCUT2D eigenvalue weighted by Crippen LogP contribution is 2.71. The van der Waals surface area contributed by atoms with E-state index < -0.39 is 65.2 Å². The summed E-state index contributed by atoms with van der Waals surface area (Å²) in [4.78, 5) is 25.0. The Morgan fingerprint density at radius 1 is 1.02 bits per heavy atom. The van der Waals surface area contributed by atoms with Crippen LogP contribution in [-0.4, -0.2) is 97.7 Å². The first-order valence-corrected chi connectivity index (χ1v) is 18.6. The maximum Gasteiger partial charge on any atom is 0.310 e. The summed E-state index contributed by atoms with van der Waals surface area (Å²) in [7, 11) is 0. The number of rotatable bonds is 10. The van der Waals surface area contributed by atoms with Crippen molar-refractivity contribution in [3.05, 3.63) is 11.6 Å². The summed E-state index contributed by atoms with van der Waals surface area (Å²) in [6.45, 7) is 12.9. The number of hydrogen-bond donors (Lipinski definition) is 6. The summed E-state index contributed by atoms with van der Waals surface area (Å²) in [6.07, 6.45) is 1.82. The van der Waals surface area contributed by atoms with Gasteiger partial charge in [0, 0.05) is 6.92 Å². The van der Waals surface area contributed by atoms with Crippen molar-refractivity contribution in [1.29, 1.82) is 0 Å². The Balaban J connectivity index is 1.33. The van der Waals surface area contributed by atoms with Crippen LogP contribution in [0, 0.1) is 45.8 Å². The molecule has 0 spiro atoms. The van der Waals surface area contributed by atoms with Gasteiger partial charge in [0.15, 0.2) is 6.29 Å². The standard InChI is InChI=1S/C38H62O11/c1-20(8-12-28(40)36(5,6)46)24-15-17-38(34(44)45)26-11-10-25-22(18-23(26)14-16-37(24,38)7)9-13-29(35(25,3)4)49-33-32(43)31(42)30(41)27(48-33)19-47-21(2)39/h9,20,23-33,40-43,46H,8,10-19H2,1-7H3,(H,44,45)/t20-,23-,24-,25+,26-,27-,28+,29-,30-,31+,32-,33+,37-,38+/m1/s1. The summed E-state index contributed by atoms with van der Waals surface area (Å²) in [5.74, 6) is -0.363. The average Bonchev–Trinajstić information content (AvgIpc) is 3.20. The molecule has 0 aromatic carbocycles. The van der Waals surface area contributed by atoms with E-state index in [2.05, 4.69) is 33.8 Å². The zero-order chi connectivity index (χ0) is 36.3. The number of esters is 1. The fourth-order valence-electron chi connectivity index (χ4n) is 11.1. The number of carboxylic acid groups (broad SMARTS) is 1. The third-order valence-electron chi connectivity index (χ3n) is 14.2. The molecule has 0 radical (unpaired) electrons. The van der Waals surface area contributed by atoms with Crippen molar-refractivity contribution in [1.82, 2.24) is 0 Å². The van der Waals surface area contributed by atoms with Crippen molar-refractivity contribution >= 4 is 11.9 Å². The number of aliphatic carboxylic acids is 1. The molecule has 3 saturated carbocycles. The second-order valence-corrected chi connectivity index (χ2v) is 17.6.